The Hall–Kier alpha value is -0.440. The molecule has 0 unspecified atom stereocenters. The number of hydrogen-bond acceptors (Lipinski definition) is 4. The van der Waals surface area contributed by atoms with Crippen LogP contribution in [0.25, 0.3) is 0 Å². The molecule has 106 valence electrons. The van der Waals surface area contributed by atoms with Gasteiger partial charge in [0.05, 0.1) is 12.2 Å². The Kier molecular flexibility index (Phi) is 8.41. The van der Waals surface area contributed by atoms with Gasteiger partial charge in [0.25, 0.3) is 0 Å². The van der Waals surface area contributed by atoms with Crippen LogP contribution in [0.3, 0.4) is 0 Å². The maximum atomic E-state index is 12.4. The van der Waals surface area contributed by atoms with E-state index >= 15 is 0 Å². The van der Waals surface area contributed by atoms with Crippen molar-refractivity contribution in [3.05, 3.63) is 12.7 Å². The van der Waals surface area contributed by atoms with Crippen molar-refractivity contribution >= 4 is 13.4 Å². The average molecular weight is 276 g/mol. The van der Waals surface area contributed by atoms with Crippen molar-refractivity contribution in [2.75, 3.05) is 6.16 Å². The molecular formula is C13H25O4P. The fraction of sp³-hybridized carbons (Fsp3) is 0.769. The number of Topliss-reactive ketones (excluding diaryl/α,β-unsaturated/α-hetero) is 1. The van der Waals surface area contributed by atoms with Gasteiger partial charge in [-0.15, -0.1) is 6.58 Å². The molecule has 0 spiro atoms. The minimum Gasteiger partial charge on any atom is -0.306 e. The summed E-state index contributed by atoms with van der Waals surface area (Å²) in [5, 5.41) is 0. The lowest BCUT2D eigenvalue weighted by molar-refractivity contribution is -0.117. The predicted molar refractivity (Wildman–Crippen MR) is 74.0 cm³/mol. The molecule has 0 saturated carbocycles. The third-order valence-electron chi connectivity index (χ3n) is 1.98. The molecule has 0 amide bonds. The van der Waals surface area contributed by atoms with E-state index in [1.165, 1.54) is 0 Å². The summed E-state index contributed by atoms with van der Waals surface area (Å²) in [6, 6.07) is 0. The van der Waals surface area contributed by atoms with E-state index in [1.807, 2.05) is 0 Å². The van der Waals surface area contributed by atoms with E-state index < -0.39 is 7.60 Å². The summed E-state index contributed by atoms with van der Waals surface area (Å²) in [4.78, 5) is 11.7. The van der Waals surface area contributed by atoms with Crippen molar-refractivity contribution in [2.24, 2.45) is 0 Å². The third-order valence-corrected chi connectivity index (χ3v) is 4.20. The summed E-state index contributed by atoms with van der Waals surface area (Å²) in [6.07, 6.45) is 3.07. The molecule has 18 heavy (non-hydrogen) atoms. The highest BCUT2D eigenvalue weighted by Gasteiger charge is 2.30. The summed E-state index contributed by atoms with van der Waals surface area (Å²) >= 11 is 0. The van der Waals surface area contributed by atoms with Crippen LogP contribution in [0.4, 0.5) is 0 Å². The number of hydrogen-bond donors (Lipinski definition) is 0. The maximum absolute atomic E-state index is 12.4. The molecule has 0 fully saturated rings. The van der Waals surface area contributed by atoms with Gasteiger partial charge in [-0.25, -0.2) is 0 Å². The topological polar surface area (TPSA) is 52.6 Å². The molecule has 0 aromatic heterocycles. The lowest BCUT2D eigenvalue weighted by Crippen LogP contribution is -2.15. The summed E-state index contributed by atoms with van der Waals surface area (Å²) in [6.45, 7) is 10.7. The number of allylic oxidation sites excluding steroid dienone is 1. The van der Waals surface area contributed by atoms with Crippen LogP contribution < -0.4 is 0 Å². The second kappa shape index (κ2) is 8.63. The molecule has 0 aliphatic rings. The Morgan fingerprint density at radius 3 is 2.11 bits per heavy atom. The first-order chi connectivity index (χ1) is 8.29. The van der Waals surface area contributed by atoms with Gasteiger partial charge in [0, 0.05) is 6.42 Å². The zero-order valence-electron chi connectivity index (χ0n) is 11.8. The number of carbonyl (C=O) groups is 1. The smallest absolute Gasteiger partial charge is 0.306 e. The van der Waals surface area contributed by atoms with E-state index in [0.29, 0.717) is 6.42 Å². The molecule has 0 rings (SSSR count). The molecule has 0 aliphatic heterocycles. The molecule has 0 heterocycles. The van der Waals surface area contributed by atoms with E-state index in [4.69, 9.17) is 9.05 Å². The van der Waals surface area contributed by atoms with Crippen molar-refractivity contribution < 1.29 is 18.4 Å². The zero-order valence-corrected chi connectivity index (χ0v) is 12.7. The number of unbranched alkanes of at least 4 members (excludes halogenated alkanes) is 1. The quantitative estimate of drug-likeness (QED) is 0.344. The number of ketones is 1. The van der Waals surface area contributed by atoms with Crippen molar-refractivity contribution in [2.45, 2.75) is 59.2 Å². The molecule has 5 heteroatoms. The zero-order chi connectivity index (χ0) is 14.2. The highest BCUT2D eigenvalue weighted by atomic mass is 31.2. The van der Waals surface area contributed by atoms with Gasteiger partial charge in [-0.1, -0.05) is 6.08 Å². The fourth-order valence-electron chi connectivity index (χ4n) is 1.48. The molecule has 0 N–H and O–H groups in total. The van der Waals surface area contributed by atoms with Gasteiger partial charge in [0.1, 0.15) is 11.9 Å². The lowest BCUT2D eigenvalue weighted by atomic mass is 10.2. The van der Waals surface area contributed by atoms with Crippen molar-refractivity contribution in [1.82, 2.24) is 0 Å². The van der Waals surface area contributed by atoms with E-state index in [1.54, 1.807) is 33.8 Å². The summed E-state index contributed by atoms with van der Waals surface area (Å²) in [7, 11) is -3.31. The highest BCUT2D eigenvalue weighted by molar-refractivity contribution is 7.54. The second-order valence-corrected chi connectivity index (χ2v) is 6.76. The van der Waals surface area contributed by atoms with E-state index in [-0.39, 0.29) is 24.2 Å². The number of rotatable bonds is 10. The number of carbonyl (C=O) groups excluding carboxylic acids is 1. The van der Waals surface area contributed by atoms with Gasteiger partial charge in [-0.05, 0) is 40.5 Å². The summed E-state index contributed by atoms with van der Waals surface area (Å²) < 4.78 is 23.0. The van der Waals surface area contributed by atoms with Crippen LogP contribution in [0.15, 0.2) is 12.7 Å². The average Bonchev–Trinajstić information content (AvgIpc) is 2.13. The normalized spacial score (nSPS) is 12.1. The van der Waals surface area contributed by atoms with Gasteiger partial charge in [0.15, 0.2) is 0 Å². The monoisotopic (exact) mass is 276 g/mol. The lowest BCUT2D eigenvalue weighted by Gasteiger charge is -2.22. The van der Waals surface area contributed by atoms with Crippen LogP contribution in [0.2, 0.25) is 0 Å². The van der Waals surface area contributed by atoms with Gasteiger partial charge < -0.3 is 9.05 Å². The highest BCUT2D eigenvalue weighted by Crippen LogP contribution is 2.50. The first-order valence-electron chi connectivity index (χ1n) is 6.37. The van der Waals surface area contributed by atoms with E-state index in [2.05, 4.69) is 6.58 Å². The third kappa shape index (κ3) is 8.62. The molecule has 0 bridgehead atoms. The van der Waals surface area contributed by atoms with Crippen molar-refractivity contribution in [1.29, 1.82) is 0 Å². The fourth-order valence-corrected chi connectivity index (χ4v) is 3.55. The maximum Gasteiger partial charge on any atom is 0.338 e. The summed E-state index contributed by atoms with van der Waals surface area (Å²) in [5.41, 5.74) is 0. The summed E-state index contributed by atoms with van der Waals surface area (Å²) in [5.74, 6) is -0.0820. The van der Waals surface area contributed by atoms with E-state index in [0.717, 1.165) is 12.8 Å². The Bertz CT molecular complexity index is 296. The molecule has 0 aliphatic carbocycles. The predicted octanol–water partition coefficient (Wildman–Crippen LogP) is 3.95. The van der Waals surface area contributed by atoms with Crippen LogP contribution in [0, 0.1) is 0 Å². The minimum atomic E-state index is -3.31. The van der Waals surface area contributed by atoms with Gasteiger partial charge >= 0.3 is 7.60 Å². The van der Waals surface area contributed by atoms with Crippen LogP contribution in [0.5, 0.6) is 0 Å². The first-order valence-corrected chi connectivity index (χ1v) is 8.10. The molecule has 4 nitrogen and oxygen atoms in total. The Morgan fingerprint density at radius 1 is 1.22 bits per heavy atom. The van der Waals surface area contributed by atoms with Crippen LogP contribution in [0.1, 0.15) is 47.0 Å². The standard InChI is InChI=1S/C13H25O4P/c1-6-7-8-9-13(14)10-18(15,16-11(2)3)17-12(4)5/h6,11-12H,1,7-10H2,2-5H3. The Labute approximate surface area is 110 Å². The van der Waals surface area contributed by atoms with Crippen LogP contribution >= 0.6 is 7.60 Å². The molecular weight excluding hydrogens is 251 g/mol. The van der Waals surface area contributed by atoms with Crippen molar-refractivity contribution in [3.8, 4) is 0 Å². The molecule has 0 atom stereocenters. The van der Waals surface area contributed by atoms with Crippen LogP contribution in [-0.4, -0.2) is 24.2 Å². The Morgan fingerprint density at radius 2 is 1.72 bits per heavy atom. The van der Waals surface area contributed by atoms with Crippen molar-refractivity contribution in [3.63, 3.8) is 0 Å². The minimum absolute atomic E-state index is 0.0820. The Balaban J connectivity index is 4.44. The molecule has 0 radical (unpaired) electrons. The van der Waals surface area contributed by atoms with Gasteiger partial charge in [-0.2, -0.15) is 0 Å². The molecule has 0 saturated heterocycles. The first kappa shape index (κ1) is 17.6. The molecule has 0 aromatic rings. The second-order valence-electron chi connectivity index (χ2n) is 4.80. The van der Waals surface area contributed by atoms with Gasteiger partial charge in [0.2, 0.25) is 0 Å². The molecule has 0 aromatic carbocycles. The van der Waals surface area contributed by atoms with Gasteiger partial charge in [-0.3, -0.25) is 9.36 Å². The largest absolute Gasteiger partial charge is 0.338 e. The van der Waals surface area contributed by atoms with E-state index in [9.17, 15) is 9.36 Å². The SMILES string of the molecule is C=CCCCC(=O)CP(=O)(OC(C)C)OC(C)C. The van der Waals surface area contributed by atoms with Crippen LogP contribution in [-0.2, 0) is 18.4 Å².